The van der Waals surface area contributed by atoms with Crippen molar-refractivity contribution >= 4 is 11.8 Å². The minimum Gasteiger partial charge on any atom is -0.459 e. The van der Waals surface area contributed by atoms with E-state index < -0.39 is 0 Å². The van der Waals surface area contributed by atoms with Crippen LogP contribution in [-0.4, -0.2) is 39.7 Å². The lowest BCUT2D eigenvalue weighted by atomic mass is 10.2. The molecule has 0 aliphatic heterocycles. The normalized spacial score (nSPS) is 10.3. The number of carbonyl (C=O) groups excluding carboxylic acids is 2. The summed E-state index contributed by atoms with van der Waals surface area (Å²) in [6.07, 6.45) is 4.45. The van der Waals surface area contributed by atoms with Crippen LogP contribution in [0.15, 0.2) is 59.7 Å². The van der Waals surface area contributed by atoms with E-state index in [2.05, 4.69) is 20.7 Å². The minimum absolute atomic E-state index is 0.215. The molecule has 122 valence electrons. The smallest absolute Gasteiger partial charge is 0.287 e. The van der Waals surface area contributed by atoms with Gasteiger partial charge >= 0.3 is 0 Å². The van der Waals surface area contributed by atoms with Gasteiger partial charge in [-0.05, 0) is 36.4 Å². The van der Waals surface area contributed by atoms with Gasteiger partial charge in [0.1, 0.15) is 12.7 Å². The van der Waals surface area contributed by atoms with E-state index in [4.69, 9.17) is 4.42 Å². The van der Waals surface area contributed by atoms with Crippen molar-refractivity contribution < 1.29 is 14.0 Å². The second-order valence-corrected chi connectivity index (χ2v) is 4.88. The number of amides is 2. The van der Waals surface area contributed by atoms with Crippen LogP contribution in [0.25, 0.3) is 5.69 Å². The fourth-order valence-corrected chi connectivity index (χ4v) is 2.06. The zero-order valence-corrected chi connectivity index (χ0v) is 12.7. The Balaban J connectivity index is 1.46. The van der Waals surface area contributed by atoms with E-state index in [0.717, 1.165) is 5.69 Å². The number of rotatable bonds is 6. The Hall–Kier alpha value is -3.42. The molecule has 0 saturated heterocycles. The number of hydrogen-bond acceptors (Lipinski definition) is 5. The van der Waals surface area contributed by atoms with E-state index in [0.29, 0.717) is 18.7 Å². The lowest BCUT2D eigenvalue weighted by Gasteiger charge is -2.07. The van der Waals surface area contributed by atoms with E-state index >= 15 is 0 Å². The molecule has 2 aromatic heterocycles. The summed E-state index contributed by atoms with van der Waals surface area (Å²) in [5.74, 6) is -0.288. The van der Waals surface area contributed by atoms with E-state index in [1.54, 1.807) is 47.4 Å². The average molecular weight is 325 g/mol. The predicted molar refractivity (Wildman–Crippen MR) is 84.7 cm³/mol. The Bertz CT molecular complexity index is 795. The van der Waals surface area contributed by atoms with Gasteiger partial charge in [0.15, 0.2) is 5.76 Å². The molecule has 1 aromatic carbocycles. The Morgan fingerprint density at radius 3 is 2.42 bits per heavy atom. The van der Waals surface area contributed by atoms with E-state index in [9.17, 15) is 9.59 Å². The molecule has 0 saturated carbocycles. The highest BCUT2D eigenvalue weighted by Crippen LogP contribution is 2.07. The van der Waals surface area contributed by atoms with Crippen LogP contribution in [0.5, 0.6) is 0 Å². The molecule has 3 rings (SSSR count). The number of nitrogens with zero attached hydrogens (tertiary/aromatic N) is 3. The molecule has 3 aromatic rings. The number of aromatic nitrogens is 3. The lowest BCUT2D eigenvalue weighted by Crippen LogP contribution is -2.34. The number of furan rings is 1. The highest BCUT2D eigenvalue weighted by molar-refractivity contribution is 5.94. The van der Waals surface area contributed by atoms with Crippen molar-refractivity contribution in [1.82, 2.24) is 25.4 Å². The molecule has 0 bridgehead atoms. The first-order valence-electron chi connectivity index (χ1n) is 7.29. The predicted octanol–water partition coefficient (Wildman–Crippen LogP) is 1.02. The zero-order valence-electron chi connectivity index (χ0n) is 12.7. The molecule has 2 N–H and O–H groups in total. The SMILES string of the molecule is O=C(NCCNC(=O)c1ccco1)c1ccc(-n2cncn2)cc1. The maximum absolute atomic E-state index is 12.0. The molecule has 0 spiro atoms. The first-order valence-corrected chi connectivity index (χ1v) is 7.29. The fraction of sp³-hybridized carbons (Fsp3) is 0.125. The molecule has 24 heavy (non-hydrogen) atoms. The number of nitrogens with one attached hydrogen (secondary N) is 2. The van der Waals surface area contributed by atoms with E-state index in [-0.39, 0.29) is 17.6 Å². The Morgan fingerprint density at radius 1 is 1.04 bits per heavy atom. The van der Waals surface area contributed by atoms with Gasteiger partial charge in [0.05, 0.1) is 12.0 Å². The standard InChI is InChI=1S/C16H15N5O3/c22-15(18-7-8-19-16(23)14-2-1-9-24-14)12-3-5-13(6-4-12)21-11-17-10-20-21/h1-6,9-11H,7-8H2,(H,18,22)(H,19,23). The van der Waals surface area contributed by atoms with Crippen molar-refractivity contribution in [3.63, 3.8) is 0 Å². The molecule has 0 aliphatic rings. The van der Waals surface area contributed by atoms with Gasteiger partial charge in [-0.15, -0.1) is 0 Å². The van der Waals surface area contributed by atoms with Crippen LogP contribution in [0.1, 0.15) is 20.9 Å². The lowest BCUT2D eigenvalue weighted by molar-refractivity contribution is 0.0910. The van der Waals surface area contributed by atoms with Gasteiger partial charge in [0.2, 0.25) is 0 Å². The third kappa shape index (κ3) is 3.67. The third-order valence-corrected chi connectivity index (χ3v) is 3.25. The van der Waals surface area contributed by atoms with Gasteiger partial charge < -0.3 is 15.1 Å². The van der Waals surface area contributed by atoms with Crippen molar-refractivity contribution in [1.29, 1.82) is 0 Å². The first-order chi connectivity index (χ1) is 11.7. The van der Waals surface area contributed by atoms with Gasteiger partial charge in [-0.1, -0.05) is 0 Å². The monoisotopic (exact) mass is 325 g/mol. The molecule has 0 radical (unpaired) electrons. The molecule has 2 heterocycles. The molecule has 8 heteroatoms. The molecular weight excluding hydrogens is 310 g/mol. The molecule has 0 unspecified atom stereocenters. The summed E-state index contributed by atoms with van der Waals surface area (Å²) in [5.41, 5.74) is 1.34. The molecule has 0 atom stereocenters. The Kier molecular flexibility index (Phi) is 4.66. The second-order valence-electron chi connectivity index (χ2n) is 4.88. The van der Waals surface area contributed by atoms with Gasteiger partial charge in [-0.2, -0.15) is 5.10 Å². The summed E-state index contributed by atoms with van der Waals surface area (Å²) in [4.78, 5) is 27.5. The van der Waals surface area contributed by atoms with Crippen LogP contribution < -0.4 is 10.6 Å². The van der Waals surface area contributed by atoms with Crippen LogP contribution in [0, 0.1) is 0 Å². The molecule has 2 amide bonds. The molecule has 0 aliphatic carbocycles. The highest BCUT2D eigenvalue weighted by Gasteiger charge is 2.08. The molecule has 0 fully saturated rings. The van der Waals surface area contributed by atoms with Gasteiger partial charge in [-0.25, -0.2) is 9.67 Å². The van der Waals surface area contributed by atoms with Crippen molar-refractivity contribution in [2.45, 2.75) is 0 Å². The Labute approximate surface area is 137 Å². The summed E-state index contributed by atoms with van der Waals surface area (Å²) >= 11 is 0. The average Bonchev–Trinajstić information content (AvgIpc) is 3.32. The van der Waals surface area contributed by atoms with Crippen molar-refractivity contribution in [2.24, 2.45) is 0 Å². The number of benzene rings is 1. The molecule has 8 nitrogen and oxygen atoms in total. The van der Waals surface area contributed by atoms with Gasteiger partial charge in [0.25, 0.3) is 11.8 Å². The van der Waals surface area contributed by atoms with Crippen molar-refractivity contribution in [3.05, 3.63) is 66.6 Å². The Morgan fingerprint density at radius 2 is 1.79 bits per heavy atom. The summed E-state index contributed by atoms with van der Waals surface area (Å²) in [6.45, 7) is 0.623. The summed E-state index contributed by atoms with van der Waals surface area (Å²) in [7, 11) is 0. The van der Waals surface area contributed by atoms with Gasteiger partial charge in [-0.3, -0.25) is 9.59 Å². The fourth-order valence-electron chi connectivity index (χ4n) is 2.06. The van der Waals surface area contributed by atoms with Crippen LogP contribution >= 0.6 is 0 Å². The topological polar surface area (TPSA) is 102 Å². The first kappa shape index (κ1) is 15.5. The third-order valence-electron chi connectivity index (χ3n) is 3.25. The maximum atomic E-state index is 12.0. The highest BCUT2D eigenvalue weighted by atomic mass is 16.3. The van der Waals surface area contributed by atoms with Gasteiger partial charge in [0, 0.05) is 18.7 Å². The van der Waals surface area contributed by atoms with Crippen LogP contribution in [-0.2, 0) is 0 Å². The van der Waals surface area contributed by atoms with Crippen LogP contribution in [0.3, 0.4) is 0 Å². The second kappa shape index (κ2) is 7.23. The number of carbonyl (C=O) groups is 2. The van der Waals surface area contributed by atoms with E-state index in [1.807, 2.05) is 0 Å². The number of hydrogen-bond donors (Lipinski definition) is 2. The summed E-state index contributed by atoms with van der Waals surface area (Å²) < 4.78 is 6.58. The van der Waals surface area contributed by atoms with Crippen molar-refractivity contribution in [3.8, 4) is 5.69 Å². The van der Waals surface area contributed by atoms with Crippen LogP contribution in [0.4, 0.5) is 0 Å². The quantitative estimate of drug-likeness (QED) is 0.659. The zero-order chi connectivity index (χ0) is 16.8. The molecular formula is C16H15N5O3. The largest absolute Gasteiger partial charge is 0.459 e. The van der Waals surface area contributed by atoms with Crippen molar-refractivity contribution in [2.75, 3.05) is 13.1 Å². The summed E-state index contributed by atoms with van der Waals surface area (Å²) in [5, 5.41) is 9.40. The summed E-state index contributed by atoms with van der Waals surface area (Å²) in [6, 6.07) is 10.2. The van der Waals surface area contributed by atoms with E-state index in [1.165, 1.54) is 12.6 Å². The van der Waals surface area contributed by atoms with Crippen LogP contribution in [0.2, 0.25) is 0 Å². The maximum Gasteiger partial charge on any atom is 0.287 e. The minimum atomic E-state index is -0.313.